The number of nitrogens with zero attached hydrogens (tertiary/aromatic N) is 1. The molecule has 0 radical (unpaired) electrons. The molecule has 1 aliphatic rings. The van der Waals surface area contributed by atoms with E-state index in [-0.39, 0.29) is 5.91 Å². The molecule has 0 saturated heterocycles. The maximum absolute atomic E-state index is 12.1. The number of amides is 1. The molecule has 2 rings (SSSR count). The fourth-order valence-corrected chi connectivity index (χ4v) is 2.72. The SMILES string of the molecule is Cc1cc(C(=O)NCC2CCCC2C)cc(NN)n1. The summed E-state index contributed by atoms with van der Waals surface area (Å²) in [5.74, 6) is 7.11. The van der Waals surface area contributed by atoms with E-state index < -0.39 is 0 Å². The van der Waals surface area contributed by atoms with E-state index in [1.165, 1.54) is 19.3 Å². The van der Waals surface area contributed by atoms with Gasteiger partial charge in [0.25, 0.3) is 5.91 Å². The lowest BCUT2D eigenvalue weighted by atomic mass is 9.98. The van der Waals surface area contributed by atoms with Crippen molar-refractivity contribution < 1.29 is 4.79 Å². The molecule has 19 heavy (non-hydrogen) atoms. The Bertz CT molecular complexity index is 461. The van der Waals surface area contributed by atoms with Gasteiger partial charge in [-0.2, -0.15) is 0 Å². The van der Waals surface area contributed by atoms with Crippen LogP contribution in [0.25, 0.3) is 0 Å². The molecule has 1 amide bonds. The van der Waals surface area contributed by atoms with Gasteiger partial charge in [-0.3, -0.25) is 4.79 Å². The van der Waals surface area contributed by atoms with Crippen LogP contribution in [0.15, 0.2) is 12.1 Å². The number of anilines is 1. The van der Waals surface area contributed by atoms with Gasteiger partial charge in [0.2, 0.25) is 0 Å². The summed E-state index contributed by atoms with van der Waals surface area (Å²) in [6, 6.07) is 3.44. The Labute approximate surface area is 114 Å². The largest absolute Gasteiger partial charge is 0.352 e. The molecule has 1 aromatic rings. The lowest BCUT2D eigenvalue weighted by Crippen LogP contribution is -2.30. The Balaban J connectivity index is 1.97. The quantitative estimate of drug-likeness (QED) is 0.571. The molecular formula is C14H22N4O. The zero-order valence-electron chi connectivity index (χ0n) is 11.6. The monoisotopic (exact) mass is 262 g/mol. The van der Waals surface area contributed by atoms with Gasteiger partial charge in [0.1, 0.15) is 5.82 Å². The van der Waals surface area contributed by atoms with Crippen LogP contribution in [0.4, 0.5) is 5.82 Å². The molecule has 0 bridgehead atoms. The van der Waals surface area contributed by atoms with Crippen molar-refractivity contribution in [3.63, 3.8) is 0 Å². The van der Waals surface area contributed by atoms with Crippen LogP contribution in [0.3, 0.4) is 0 Å². The first-order valence-electron chi connectivity index (χ1n) is 6.83. The van der Waals surface area contributed by atoms with Crippen molar-refractivity contribution >= 4 is 11.7 Å². The third-order valence-corrected chi connectivity index (χ3v) is 3.93. The molecular weight excluding hydrogens is 240 g/mol. The van der Waals surface area contributed by atoms with Crippen molar-refractivity contribution in [2.75, 3.05) is 12.0 Å². The second-order valence-electron chi connectivity index (χ2n) is 5.41. The van der Waals surface area contributed by atoms with Gasteiger partial charge in [-0.25, -0.2) is 10.8 Å². The zero-order chi connectivity index (χ0) is 13.8. The van der Waals surface area contributed by atoms with Crippen LogP contribution in [-0.2, 0) is 0 Å². The van der Waals surface area contributed by atoms with Crippen LogP contribution in [0, 0.1) is 18.8 Å². The van der Waals surface area contributed by atoms with Gasteiger partial charge >= 0.3 is 0 Å². The Kier molecular flexibility index (Phi) is 4.37. The van der Waals surface area contributed by atoms with E-state index in [0.29, 0.717) is 23.2 Å². The Morgan fingerprint density at radius 2 is 2.26 bits per heavy atom. The van der Waals surface area contributed by atoms with Gasteiger partial charge in [-0.15, -0.1) is 0 Å². The van der Waals surface area contributed by atoms with Crippen molar-refractivity contribution in [3.8, 4) is 0 Å². The van der Waals surface area contributed by atoms with Crippen LogP contribution in [0.2, 0.25) is 0 Å². The summed E-state index contributed by atoms with van der Waals surface area (Å²) in [6.07, 6.45) is 3.76. The number of rotatable bonds is 4. The van der Waals surface area contributed by atoms with Gasteiger partial charge in [-0.1, -0.05) is 19.8 Å². The molecule has 5 nitrogen and oxygen atoms in total. The van der Waals surface area contributed by atoms with Crippen molar-refractivity contribution in [1.82, 2.24) is 10.3 Å². The highest BCUT2D eigenvalue weighted by molar-refractivity contribution is 5.94. The minimum atomic E-state index is -0.0545. The number of nitrogen functional groups attached to an aromatic ring is 1. The second kappa shape index (κ2) is 6.02. The molecule has 4 N–H and O–H groups in total. The number of pyridine rings is 1. The summed E-state index contributed by atoms with van der Waals surface area (Å²) >= 11 is 0. The molecule has 2 unspecified atom stereocenters. The normalized spacial score (nSPS) is 22.3. The molecule has 0 aliphatic heterocycles. The number of carbonyl (C=O) groups excluding carboxylic acids is 1. The average Bonchev–Trinajstić information content (AvgIpc) is 2.80. The number of carbonyl (C=O) groups is 1. The van der Waals surface area contributed by atoms with Gasteiger partial charge in [0.05, 0.1) is 0 Å². The van der Waals surface area contributed by atoms with Crippen molar-refractivity contribution in [1.29, 1.82) is 0 Å². The summed E-state index contributed by atoms with van der Waals surface area (Å²) in [4.78, 5) is 16.3. The van der Waals surface area contributed by atoms with Crippen LogP contribution < -0.4 is 16.6 Å². The molecule has 1 heterocycles. The number of aryl methyl sites for hydroxylation is 1. The Morgan fingerprint density at radius 1 is 1.47 bits per heavy atom. The van der Waals surface area contributed by atoms with Gasteiger partial charge < -0.3 is 10.7 Å². The number of hydrazine groups is 1. The zero-order valence-corrected chi connectivity index (χ0v) is 11.6. The number of hydrogen-bond acceptors (Lipinski definition) is 4. The van der Waals surface area contributed by atoms with E-state index >= 15 is 0 Å². The lowest BCUT2D eigenvalue weighted by molar-refractivity contribution is 0.0944. The molecule has 1 saturated carbocycles. The molecule has 5 heteroatoms. The summed E-state index contributed by atoms with van der Waals surface area (Å²) < 4.78 is 0. The third-order valence-electron chi connectivity index (χ3n) is 3.93. The van der Waals surface area contributed by atoms with E-state index in [0.717, 1.165) is 12.2 Å². The lowest BCUT2D eigenvalue weighted by Gasteiger charge is -2.16. The first-order chi connectivity index (χ1) is 9.10. The summed E-state index contributed by atoms with van der Waals surface area (Å²) in [5.41, 5.74) is 3.85. The van der Waals surface area contributed by atoms with Crippen LogP contribution in [-0.4, -0.2) is 17.4 Å². The highest BCUT2D eigenvalue weighted by Crippen LogP contribution is 2.30. The first-order valence-corrected chi connectivity index (χ1v) is 6.83. The van der Waals surface area contributed by atoms with Crippen molar-refractivity contribution in [2.45, 2.75) is 33.1 Å². The molecule has 1 fully saturated rings. The minimum absolute atomic E-state index is 0.0545. The maximum atomic E-state index is 12.1. The number of aromatic nitrogens is 1. The highest BCUT2D eigenvalue weighted by atomic mass is 16.1. The van der Waals surface area contributed by atoms with E-state index in [1.54, 1.807) is 12.1 Å². The minimum Gasteiger partial charge on any atom is -0.352 e. The van der Waals surface area contributed by atoms with E-state index in [2.05, 4.69) is 22.7 Å². The Morgan fingerprint density at radius 3 is 2.89 bits per heavy atom. The molecule has 104 valence electrons. The molecule has 0 aromatic carbocycles. The van der Waals surface area contributed by atoms with E-state index in [1.807, 2.05) is 6.92 Å². The maximum Gasteiger partial charge on any atom is 0.251 e. The molecule has 1 aliphatic carbocycles. The highest BCUT2D eigenvalue weighted by Gasteiger charge is 2.23. The van der Waals surface area contributed by atoms with Crippen molar-refractivity contribution in [2.24, 2.45) is 17.7 Å². The summed E-state index contributed by atoms with van der Waals surface area (Å²) in [5, 5.41) is 3.01. The smallest absolute Gasteiger partial charge is 0.251 e. The van der Waals surface area contributed by atoms with E-state index in [9.17, 15) is 4.79 Å². The standard InChI is InChI=1S/C14H22N4O/c1-9-4-3-5-11(9)8-16-14(19)12-6-10(2)17-13(7-12)18-15/h6-7,9,11H,3-5,8,15H2,1-2H3,(H,16,19)(H,17,18). The van der Waals surface area contributed by atoms with Gasteiger partial charge in [-0.05, 0) is 37.3 Å². The average molecular weight is 262 g/mol. The third kappa shape index (κ3) is 3.44. The van der Waals surface area contributed by atoms with Crippen molar-refractivity contribution in [3.05, 3.63) is 23.4 Å². The fourth-order valence-electron chi connectivity index (χ4n) is 2.72. The van der Waals surface area contributed by atoms with Crippen LogP contribution in [0.5, 0.6) is 0 Å². The number of hydrogen-bond donors (Lipinski definition) is 3. The van der Waals surface area contributed by atoms with Gasteiger partial charge in [0.15, 0.2) is 0 Å². The first kappa shape index (κ1) is 13.8. The van der Waals surface area contributed by atoms with Crippen LogP contribution in [0.1, 0.15) is 42.2 Å². The van der Waals surface area contributed by atoms with Gasteiger partial charge in [0, 0.05) is 17.8 Å². The Hall–Kier alpha value is -1.62. The number of nitrogens with one attached hydrogen (secondary N) is 2. The number of nitrogens with two attached hydrogens (primary N) is 1. The fraction of sp³-hybridized carbons (Fsp3) is 0.571. The molecule has 1 aromatic heterocycles. The van der Waals surface area contributed by atoms with E-state index in [4.69, 9.17) is 5.84 Å². The predicted octanol–water partition coefficient (Wildman–Crippen LogP) is 1.84. The molecule has 0 spiro atoms. The van der Waals surface area contributed by atoms with Crippen LogP contribution >= 0.6 is 0 Å². The topological polar surface area (TPSA) is 80.0 Å². The summed E-state index contributed by atoms with van der Waals surface area (Å²) in [6.45, 7) is 4.86. The molecule has 2 atom stereocenters. The summed E-state index contributed by atoms with van der Waals surface area (Å²) in [7, 11) is 0. The predicted molar refractivity (Wildman–Crippen MR) is 75.6 cm³/mol. The second-order valence-corrected chi connectivity index (χ2v) is 5.41.